The van der Waals surface area contributed by atoms with Gasteiger partial charge in [-0.15, -0.1) is 0 Å². The third kappa shape index (κ3) is 5.00. The molecule has 2 rings (SSSR count). The average molecular weight is 354 g/mol. The van der Waals surface area contributed by atoms with Gasteiger partial charge in [-0.1, -0.05) is 0 Å². The molecule has 6 nitrogen and oxygen atoms in total. The molecule has 0 bridgehead atoms. The molecule has 24 heavy (non-hydrogen) atoms. The van der Waals surface area contributed by atoms with Crippen molar-refractivity contribution in [1.82, 2.24) is 14.7 Å². The molecule has 1 radical (unpaired) electrons. The number of carbonyl (C=O) groups excluding carboxylic acids is 1. The molecule has 1 saturated heterocycles. The predicted molar refractivity (Wildman–Crippen MR) is 93.0 cm³/mol. The van der Waals surface area contributed by atoms with Crippen LogP contribution in [0.5, 0.6) is 0 Å². The molecule has 1 aromatic rings. The Balaban J connectivity index is 1.85. The molecule has 1 unspecified atom stereocenters. The Morgan fingerprint density at radius 3 is 2.75 bits per heavy atom. The Kier molecular flexibility index (Phi) is 5.63. The molecule has 1 aliphatic rings. The van der Waals surface area contributed by atoms with Crippen LogP contribution in [0.4, 0.5) is 4.79 Å². The molecule has 0 N–H and O–H groups in total. The van der Waals surface area contributed by atoms with Gasteiger partial charge in [0.2, 0.25) is 0 Å². The molecule has 0 spiro atoms. The van der Waals surface area contributed by atoms with E-state index in [4.69, 9.17) is 4.74 Å². The summed E-state index contributed by atoms with van der Waals surface area (Å²) in [6.07, 6.45) is 4.61. The van der Waals surface area contributed by atoms with Crippen LogP contribution in [0.3, 0.4) is 0 Å². The molecule has 1 fully saturated rings. The van der Waals surface area contributed by atoms with Gasteiger partial charge in [0.1, 0.15) is 17.3 Å². The Bertz CT molecular complexity index is 592. The van der Waals surface area contributed by atoms with E-state index in [1.807, 2.05) is 36.5 Å². The highest BCUT2D eigenvalue weighted by molar-refractivity contribution is 7.65. The van der Waals surface area contributed by atoms with Gasteiger partial charge in [0.25, 0.3) is 0 Å². The number of carbonyl (C=O) groups is 1. The fraction of sp³-hybridized carbons (Fsp3) is 0.765. The third-order valence-electron chi connectivity index (χ3n) is 4.27. The van der Waals surface area contributed by atoms with Crippen LogP contribution in [0.25, 0.3) is 0 Å². The predicted octanol–water partition coefficient (Wildman–Crippen LogP) is 3.27. The first kappa shape index (κ1) is 18.8. The Hall–Kier alpha value is -1.50. The molecule has 1 atom stereocenters. The number of ether oxygens (including phenoxy) is 1. The first-order valence-corrected chi connectivity index (χ1v) is 9.19. The van der Waals surface area contributed by atoms with Crippen LogP contribution < -0.4 is 0 Å². The van der Waals surface area contributed by atoms with Crippen molar-refractivity contribution in [3.8, 4) is 0 Å². The number of likely N-dealkylation sites (tertiary alicyclic amines) is 1. The molecule has 1 aromatic heterocycles. The van der Waals surface area contributed by atoms with Crippen molar-refractivity contribution in [3.05, 3.63) is 12.3 Å². The number of aryl methyl sites for hydroxylation is 1. The van der Waals surface area contributed by atoms with Gasteiger partial charge in [-0.3, -0.25) is 4.68 Å². The Morgan fingerprint density at radius 2 is 2.17 bits per heavy atom. The smallest absolute Gasteiger partial charge is 0.410 e. The lowest BCUT2D eigenvalue weighted by Crippen LogP contribution is -2.45. The van der Waals surface area contributed by atoms with Crippen molar-refractivity contribution in [2.45, 2.75) is 76.6 Å². The van der Waals surface area contributed by atoms with Crippen LogP contribution in [-0.2, 0) is 22.9 Å². The van der Waals surface area contributed by atoms with E-state index in [1.54, 1.807) is 6.07 Å². The lowest BCUT2D eigenvalue weighted by molar-refractivity contribution is 0.0131. The Morgan fingerprint density at radius 1 is 1.46 bits per heavy atom. The normalized spacial score (nSPS) is 20.2. The molecule has 1 aliphatic heterocycles. The van der Waals surface area contributed by atoms with Crippen LogP contribution in [-0.4, -0.2) is 42.7 Å². The van der Waals surface area contributed by atoms with E-state index < -0.39 is 5.60 Å². The SMILES string of the molecule is CC(C)(C)OC(=O)N1CC(CCCn2ccc([S]=O)n2)CC1(C)C. The summed E-state index contributed by atoms with van der Waals surface area (Å²) >= 11 is 0.416. The summed E-state index contributed by atoms with van der Waals surface area (Å²) in [5.41, 5.74) is -0.645. The van der Waals surface area contributed by atoms with Crippen LogP contribution in [0.15, 0.2) is 17.3 Å². The van der Waals surface area contributed by atoms with Crippen LogP contribution in [0.2, 0.25) is 0 Å². The van der Waals surface area contributed by atoms with E-state index in [1.165, 1.54) is 0 Å². The number of hydrogen-bond acceptors (Lipinski definition) is 4. The van der Waals surface area contributed by atoms with Gasteiger partial charge < -0.3 is 9.64 Å². The highest BCUT2D eigenvalue weighted by Gasteiger charge is 2.42. The van der Waals surface area contributed by atoms with E-state index in [9.17, 15) is 9.00 Å². The summed E-state index contributed by atoms with van der Waals surface area (Å²) in [6, 6.07) is 1.74. The molecular formula is C17H28N3O3S. The van der Waals surface area contributed by atoms with Crippen molar-refractivity contribution in [1.29, 1.82) is 0 Å². The topological polar surface area (TPSA) is 64.4 Å². The lowest BCUT2D eigenvalue weighted by Gasteiger charge is -2.33. The molecule has 0 aliphatic carbocycles. The number of nitrogens with zero attached hydrogens (tertiary/aromatic N) is 3. The van der Waals surface area contributed by atoms with Gasteiger partial charge >= 0.3 is 6.09 Å². The molecule has 135 valence electrons. The van der Waals surface area contributed by atoms with Crippen LogP contribution >= 0.6 is 0 Å². The zero-order valence-corrected chi connectivity index (χ0v) is 16.1. The first-order chi connectivity index (χ1) is 11.1. The monoisotopic (exact) mass is 354 g/mol. The lowest BCUT2D eigenvalue weighted by atomic mass is 9.93. The quantitative estimate of drug-likeness (QED) is 0.814. The molecule has 7 heteroatoms. The van der Waals surface area contributed by atoms with Crippen molar-refractivity contribution < 1.29 is 13.7 Å². The second-order valence-corrected chi connectivity index (χ2v) is 8.70. The Labute approximate surface area is 148 Å². The average Bonchev–Trinajstić information content (AvgIpc) is 3.01. The maximum Gasteiger partial charge on any atom is 0.410 e. The second kappa shape index (κ2) is 7.17. The van der Waals surface area contributed by atoms with Gasteiger partial charge in [0, 0.05) is 24.8 Å². The van der Waals surface area contributed by atoms with E-state index in [0.717, 1.165) is 32.4 Å². The van der Waals surface area contributed by atoms with Crippen molar-refractivity contribution in [3.63, 3.8) is 0 Å². The van der Waals surface area contributed by atoms with E-state index in [0.29, 0.717) is 22.6 Å². The van der Waals surface area contributed by atoms with Gasteiger partial charge in [0.05, 0.1) is 0 Å². The van der Waals surface area contributed by atoms with Crippen LogP contribution in [0.1, 0.15) is 53.9 Å². The molecule has 1 amide bonds. The van der Waals surface area contributed by atoms with Gasteiger partial charge in [0.15, 0.2) is 5.03 Å². The fourth-order valence-electron chi connectivity index (χ4n) is 3.27. The van der Waals surface area contributed by atoms with Crippen LogP contribution in [0, 0.1) is 5.92 Å². The zero-order valence-electron chi connectivity index (χ0n) is 15.2. The largest absolute Gasteiger partial charge is 0.444 e. The number of rotatable bonds is 5. The molecule has 0 saturated carbocycles. The van der Waals surface area contributed by atoms with Crippen molar-refractivity contribution >= 4 is 17.8 Å². The number of hydrogen-bond donors (Lipinski definition) is 0. The van der Waals surface area contributed by atoms with E-state index in [2.05, 4.69) is 18.9 Å². The highest BCUT2D eigenvalue weighted by Crippen LogP contribution is 2.36. The summed E-state index contributed by atoms with van der Waals surface area (Å²) in [7, 11) is 0. The summed E-state index contributed by atoms with van der Waals surface area (Å²) in [6.45, 7) is 11.4. The standard InChI is InChI=1S/C17H28N3O3S/c1-16(2,3)23-15(21)20-12-13(11-17(20,4)5)7-6-9-19-10-8-14(18-19)24-22/h8,10,13H,6-7,9,11-12H2,1-5H3. The maximum atomic E-state index is 12.4. The van der Waals surface area contributed by atoms with E-state index in [-0.39, 0.29) is 11.6 Å². The minimum absolute atomic E-state index is 0.176. The zero-order chi connectivity index (χ0) is 18.0. The summed E-state index contributed by atoms with van der Waals surface area (Å²) in [4.78, 5) is 14.3. The van der Waals surface area contributed by atoms with Gasteiger partial charge in [-0.25, -0.2) is 9.00 Å². The minimum atomic E-state index is -0.470. The van der Waals surface area contributed by atoms with Crippen molar-refractivity contribution in [2.24, 2.45) is 5.92 Å². The van der Waals surface area contributed by atoms with Gasteiger partial charge in [-0.2, -0.15) is 5.10 Å². The molecular weight excluding hydrogens is 326 g/mol. The second-order valence-electron chi connectivity index (χ2n) is 8.12. The first-order valence-electron chi connectivity index (χ1n) is 8.44. The summed E-state index contributed by atoms with van der Waals surface area (Å²) < 4.78 is 18.0. The number of aromatic nitrogens is 2. The molecule has 0 aromatic carbocycles. The minimum Gasteiger partial charge on any atom is -0.444 e. The fourth-order valence-corrected chi connectivity index (χ4v) is 3.53. The van der Waals surface area contributed by atoms with E-state index >= 15 is 0 Å². The van der Waals surface area contributed by atoms with Gasteiger partial charge in [-0.05, 0) is 65.9 Å². The van der Waals surface area contributed by atoms with Crippen molar-refractivity contribution in [2.75, 3.05) is 6.54 Å². The summed E-state index contributed by atoms with van der Waals surface area (Å²) in [5, 5.41) is 4.70. The number of amides is 1. The highest BCUT2D eigenvalue weighted by atomic mass is 32.1. The third-order valence-corrected chi connectivity index (χ3v) is 4.66. The molecule has 2 heterocycles. The summed E-state index contributed by atoms with van der Waals surface area (Å²) in [5.74, 6) is 0.469. The maximum absolute atomic E-state index is 12.4.